The molecule has 0 unspecified atom stereocenters. The molecule has 0 aliphatic carbocycles. The molecule has 5 heterocycles. The Balaban J connectivity index is 0.981. The molecule has 15 amide bonds. The first-order valence-corrected chi connectivity index (χ1v) is 48.4. The number of aliphatic hydroxyl groups is 2. The maximum absolute atomic E-state index is 15.3. The highest BCUT2D eigenvalue weighted by Gasteiger charge is 2.44. The maximum atomic E-state index is 15.3. The number of aryl methyl sites for hydroxylation is 1. The minimum atomic E-state index is -4.12. The number of Topliss-reactive ketones (excluding diaryl/α,β-unsaturated/α-hetero) is 1. The van der Waals surface area contributed by atoms with Crippen LogP contribution in [0.25, 0.3) is 10.9 Å². The second-order valence-electron chi connectivity index (χ2n) is 34.3. The van der Waals surface area contributed by atoms with Crippen LogP contribution >= 0.6 is 0 Å². The highest BCUT2D eigenvalue weighted by Crippen LogP contribution is 2.24. The molecule has 748 valence electrons. The van der Waals surface area contributed by atoms with E-state index >= 15 is 14.4 Å². The van der Waals surface area contributed by atoms with Crippen LogP contribution in [0, 0.1) is 5.41 Å². The van der Waals surface area contributed by atoms with Crippen LogP contribution in [0.3, 0.4) is 0 Å². The Labute approximate surface area is 789 Å². The Morgan fingerprint density at radius 3 is 1.89 bits per heavy atom. The zero-order chi connectivity index (χ0) is 98.9. The van der Waals surface area contributed by atoms with Crippen molar-refractivity contribution < 1.29 is 95.3 Å². The molecule has 2 aromatic carbocycles. The van der Waals surface area contributed by atoms with Gasteiger partial charge >= 0.3 is 0 Å². The van der Waals surface area contributed by atoms with Crippen LogP contribution in [0.2, 0.25) is 0 Å². The third-order valence-electron chi connectivity index (χ3n) is 23.3. The van der Waals surface area contributed by atoms with Gasteiger partial charge in [0.05, 0.1) is 43.1 Å². The van der Waals surface area contributed by atoms with E-state index in [9.17, 15) is 81.0 Å². The summed E-state index contributed by atoms with van der Waals surface area (Å²) < 4.78 is 27.5. The highest BCUT2D eigenvalue weighted by atomic mass is 32.2. The van der Waals surface area contributed by atoms with Gasteiger partial charge in [0.25, 0.3) is 0 Å². The molecule has 2 saturated heterocycles. The molecule has 26 N–H and O–H groups in total. The molecule has 0 spiro atoms. The number of hydrogen-bond acceptors (Lipinski definition) is 26. The van der Waals surface area contributed by atoms with Gasteiger partial charge in [0, 0.05) is 107 Å². The van der Waals surface area contributed by atoms with Crippen LogP contribution in [-0.2, 0) is 112 Å². The van der Waals surface area contributed by atoms with Crippen molar-refractivity contribution in [1.29, 1.82) is 5.41 Å². The molecule has 0 radical (unpaired) electrons. The number of rotatable bonds is 53. The maximum Gasteiger partial charge on any atom is 0.245 e. The fraction of sp³-hybridized carbons (Fsp3) is 0.607. The number of aromatic nitrogens is 7. The van der Waals surface area contributed by atoms with E-state index in [0.29, 0.717) is 24.0 Å². The normalized spacial score (nSPS) is 18.9. The zero-order valence-electron chi connectivity index (χ0n) is 77.3. The Kier molecular flexibility index (Phi) is 47.8. The second-order valence-corrected chi connectivity index (χ2v) is 36.1. The molecule has 2 aliphatic rings. The minimum absolute atomic E-state index is 0.00000277. The lowest BCUT2D eigenvalue weighted by atomic mass is 10.0. The quantitative estimate of drug-likeness (QED) is 0.0110. The molecule has 0 saturated carbocycles. The molecule has 47 heteroatoms. The van der Waals surface area contributed by atoms with Crippen molar-refractivity contribution in [2.24, 2.45) is 17.2 Å². The number of carbonyl (C=O) groups excluding carboxylic acids is 16. The number of fused-ring (bicyclic) bond motifs is 2. The van der Waals surface area contributed by atoms with Crippen molar-refractivity contribution in [3.8, 4) is 0 Å². The number of unbranched alkanes of at least 4 members (excludes halogenated alkanes) is 13. The first-order valence-electron chi connectivity index (χ1n) is 46.8. The molecule has 7 rings (SSSR count). The van der Waals surface area contributed by atoms with E-state index in [0.717, 1.165) is 79.4 Å². The molecule has 2 aliphatic heterocycles. The van der Waals surface area contributed by atoms with Crippen molar-refractivity contribution in [3.63, 3.8) is 0 Å². The molecular formula is C89H136N26O20S. The van der Waals surface area contributed by atoms with E-state index in [1.54, 1.807) is 49.5 Å². The van der Waals surface area contributed by atoms with Crippen molar-refractivity contribution >= 4 is 121 Å². The lowest BCUT2D eigenvalue weighted by Crippen LogP contribution is -2.62. The van der Waals surface area contributed by atoms with Crippen LogP contribution < -0.4 is 91.0 Å². The number of hydrogen-bond donors (Lipinski definition) is 23. The fourth-order valence-electron chi connectivity index (χ4n) is 15.7. The van der Waals surface area contributed by atoms with E-state index in [1.165, 1.54) is 45.1 Å². The van der Waals surface area contributed by atoms with Gasteiger partial charge in [-0.25, -0.2) is 18.5 Å². The minimum Gasteiger partial charge on any atom is -0.394 e. The number of nitrogens with zero attached hydrogens (tertiary/aromatic N) is 5. The van der Waals surface area contributed by atoms with E-state index < -0.39 is 254 Å². The molecule has 0 bridgehead atoms. The number of aromatic amines is 3. The number of tetrazole rings is 1. The standard InChI is InChI=1S/C89H136N26O20S/c1-3-4-30-63(79(124)105-66-38-40-76(121)95-41-24-23-31-61(55(2)117)101-83(128)68(45-57-49-97-62-32-22-21-29-60(57)62)106-80(125)64(33-25-42-96-89(92)93)102-82(127)67(44-56-27-17-16-18-28-56)108-87(132)72-47-59(118)52-115(72)88(66)133)103-85(130)70(48-90)109-84(129)69(46-58-50-94-54-99-58)107-81(126)65(37-39-73(91)119)104-86(131)71(53-116)100-78(123)51-98-75(120)36-26-43-136(134,135)112-77(122)35-20-15-13-11-9-7-5-6-8-10-12-14-19-34-74-110-113-114-111-74/h16-18,21-22,27-29,32,49-50,54,59,61,63-72,97,116,118H,3-15,19-20,23-26,30-31,33-48,51-53,90H2,1-2H3,(H2,91,119)(H,94,99)(H,95,121)(H,98,120)(H,100,123)(H,101,128)(H,102,127)(H,103,130)(H,104,131)(H,105,124)(H,106,125)(H,107,126)(H,108,132)(H,109,129)(H,112,122)(H4,92,93,96)(H,110,111,113,114)/t59-,61+,63+,64+,65-,66+,67-,68+,69+,70+,71+,72+/m1/s1. The summed E-state index contributed by atoms with van der Waals surface area (Å²) in [6, 6.07) is -1.52. The monoisotopic (exact) mass is 1920 g/mol. The van der Waals surface area contributed by atoms with E-state index in [2.05, 4.69) is 105 Å². The second kappa shape index (κ2) is 59.1. The predicted molar refractivity (Wildman–Crippen MR) is 497 cm³/mol. The van der Waals surface area contributed by atoms with Gasteiger partial charge in [0.2, 0.25) is 98.6 Å². The van der Waals surface area contributed by atoms with Gasteiger partial charge in [0.1, 0.15) is 66.2 Å². The van der Waals surface area contributed by atoms with Gasteiger partial charge < -0.3 is 111 Å². The number of amides is 15. The van der Waals surface area contributed by atoms with Crippen LogP contribution in [-0.4, -0.2) is 277 Å². The Morgan fingerprint density at radius 2 is 1.24 bits per heavy atom. The van der Waals surface area contributed by atoms with Crippen LogP contribution in [0.1, 0.15) is 223 Å². The largest absolute Gasteiger partial charge is 0.394 e. The summed E-state index contributed by atoms with van der Waals surface area (Å²) in [5.74, 6) is -14.6. The van der Waals surface area contributed by atoms with Gasteiger partial charge in [-0.1, -0.05) is 139 Å². The van der Waals surface area contributed by atoms with Crippen LogP contribution in [0.15, 0.2) is 73.3 Å². The van der Waals surface area contributed by atoms with Crippen LogP contribution in [0.5, 0.6) is 0 Å². The van der Waals surface area contributed by atoms with Crippen molar-refractivity contribution in [1.82, 2.24) is 114 Å². The number of primary amides is 1. The fourth-order valence-corrected chi connectivity index (χ4v) is 16.8. The average Bonchev–Trinajstić information content (AvgIpc) is 1.66. The number of H-pyrrole nitrogens is 3. The Hall–Kier alpha value is -12.9. The summed E-state index contributed by atoms with van der Waals surface area (Å²) in [6.45, 7) is 0.0918. The summed E-state index contributed by atoms with van der Waals surface area (Å²) in [4.78, 5) is 236. The third-order valence-corrected chi connectivity index (χ3v) is 24.7. The van der Waals surface area contributed by atoms with Gasteiger partial charge in [0.15, 0.2) is 11.7 Å². The zero-order valence-corrected chi connectivity index (χ0v) is 78.1. The Morgan fingerprint density at radius 1 is 0.625 bits per heavy atom. The van der Waals surface area contributed by atoms with Crippen LogP contribution in [0.4, 0.5) is 0 Å². The number of guanidine groups is 1. The predicted octanol–water partition coefficient (Wildman–Crippen LogP) is -2.37. The number of imidazole rings is 1. The number of ketones is 1. The van der Waals surface area contributed by atoms with E-state index in [1.807, 2.05) is 22.9 Å². The molecule has 2 fully saturated rings. The van der Waals surface area contributed by atoms with Crippen molar-refractivity contribution in [2.45, 2.75) is 298 Å². The number of benzene rings is 2. The third kappa shape index (κ3) is 39.9. The topological polar surface area (TPSA) is 720 Å². The number of carbonyl (C=O) groups is 16. The number of nitrogens with two attached hydrogens (primary N) is 3. The lowest BCUT2D eigenvalue weighted by molar-refractivity contribution is -0.143. The van der Waals surface area contributed by atoms with Gasteiger partial charge in [-0.2, -0.15) is 0 Å². The highest BCUT2D eigenvalue weighted by molar-refractivity contribution is 7.90. The summed E-state index contributed by atoms with van der Waals surface area (Å²) in [6.07, 6.45) is 14.6. The SMILES string of the molecule is CCCC[C@H](NC(=O)[C@H](CN)NC(=O)[C@H](Cc1c[nH]cn1)NC(=O)[C@@H](CCC(N)=O)NC(=O)[C@H](CO)NC(=O)CNC(=O)CCCS(=O)(=O)NC(=O)CCCCCCCCCCCCCCCc1nnn[nH]1)C(=O)N[C@H]1CCC(=O)NCCCC[C@@H](C(C)=O)NC(=O)[C@H](Cc2c[nH]c3ccccc23)NC(=O)[C@H](CCCNC(=N)N)NC(=O)[C@@H](Cc2ccccc2)NC(=O)[C@@H]2C[C@@H](O)CN2C1=O. The first kappa shape index (κ1) is 110. The lowest BCUT2D eigenvalue weighted by Gasteiger charge is -2.31. The number of sulfonamides is 1. The summed E-state index contributed by atoms with van der Waals surface area (Å²) in [5.41, 5.74) is 19.3. The Bertz CT molecular complexity index is 4850. The van der Waals surface area contributed by atoms with Gasteiger partial charge in [-0.05, 0) is 105 Å². The molecule has 3 aromatic heterocycles. The smallest absolute Gasteiger partial charge is 0.245 e. The molecule has 5 aromatic rings. The van der Waals surface area contributed by atoms with Gasteiger partial charge in [-0.3, -0.25) is 86.8 Å². The first-order chi connectivity index (χ1) is 65.2. The summed E-state index contributed by atoms with van der Waals surface area (Å²) in [5, 5.41) is 77.5. The molecule has 12 atom stereocenters. The number of aliphatic hydroxyl groups excluding tert-OH is 2. The van der Waals surface area contributed by atoms with Crippen molar-refractivity contribution in [3.05, 3.63) is 96.0 Å². The summed E-state index contributed by atoms with van der Waals surface area (Å²) in [7, 11) is -4.12. The number of nitrogens with one attached hydrogen (secondary N) is 18. The molecule has 136 heavy (non-hydrogen) atoms. The van der Waals surface area contributed by atoms with E-state index in [4.69, 9.17) is 22.6 Å². The van der Waals surface area contributed by atoms with E-state index in [-0.39, 0.29) is 95.4 Å². The van der Waals surface area contributed by atoms with Gasteiger partial charge in [-0.15, -0.1) is 5.10 Å². The summed E-state index contributed by atoms with van der Waals surface area (Å²) >= 11 is 0. The molecule has 46 nitrogen and oxygen atoms in total. The average molecular weight is 1920 g/mol. The molecular weight excluding hydrogens is 1790 g/mol. The van der Waals surface area contributed by atoms with Crippen molar-refractivity contribution in [2.75, 3.05) is 45.1 Å². The number of para-hydroxylation sites is 1.